The predicted octanol–water partition coefficient (Wildman–Crippen LogP) is 2.99. The third kappa shape index (κ3) is 3.69. The maximum atomic E-state index is 3.73. The molecule has 3 unspecified atom stereocenters. The Bertz CT molecular complexity index is 223. The molecule has 0 aromatic rings. The molecule has 0 radical (unpaired) electrons. The van der Waals surface area contributed by atoms with Crippen molar-refractivity contribution in [1.82, 2.24) is 10.2 Å². The molecule has 1 aliphatic rings. The van der Waals surface area contributed by atoms with Crippen LogP contribution in [0.25, 0.3) is 0 Å². The van der Waals surface area contributed by atoms with Crippen molar-refractivity contribution in [3.63, 3.8) is 0 Å². The van der Waals surface area contributed by atoms with Gasteiger partial charge in [-0.15, -0.1) is 0 Å². The average molecular weight is 240 g/mol. The van der Waals surface area contributed by atoms with Crippen molar-refractivity contribution < 1.29 is 0 Å². The first-order valence-electron chi connectivity index (χ1n) is 7.33. The van der Waals surface area contributed by atoms with Crippen molar-refractivity contribution >= 4 is 0 Å². The van der Waals surface area contributed by atoms with Gasteiger partial charge in [-0.3, -0.25) is 4.90 Å². The molecule has 0 aliphatic carbocycles. The second-order valence-corrected chi connectivity index (χ2v) is 6.75. The summed E-state index contributed by atoms with van der Waals surface area (Å²) >= 11 is 0. The average Bonchev–Trinajstić information content (AvgIpc) is 2.26. The molecule has 2 heteroatoms. The molecule has 0 aromatic heterocycles. The maximum absolute atomic E-state index is 3.73. The number of hydrogen-bond acceptors (Lipinski definition) is 2. The van der Waals surface area contributed by atoms with Gasteiger partial charge in [0.2, 0.25) is 0 Å². The van der Waals surface area contributed by atoms with Crippen molar-refractivity contribution in [3.8, 4) is 0 Å². The predicted molar refractivity (Wildman–Crippen MR) is 76.3 cm³/mol. The van der Waals surface area contributed by atoms with Gasteiger partial charge >= 0.3 is 0 Å². The van der Waals surface area contributed by atoms with Crippen LogP contribution in [0, 0.1) is 17.8 Å². The molecule has 0 saturated carbocycles. The third-order valence-electron chi connectivity index (χ3n) is 4.48. The van der Waals surface area contributed by atoms with Gasteiger partial charge in [0.15, 0.2) is 0 Å². The van der Waals surface area contributed by atoms with E-state index in [9.17, 15) is 0 Å². The van der Waals surface area contributed by atoms with Crippen molar-refractivity contribution in [2.75, 3.05) is 13.1 Å². The molecule has 0 amide bonds. The van der Waals surface area contributed by atoms with Crippen LogP contribution in [0.3, 0.4) is 0 Å². The Labute approximate surface area is 108 Å². The minimum absolute atomic E-state index is 0.659. The molecular formula is C15H32N2. The van der Waals surface area contributed by atoms with Gasteiger partial charge in [-0.1, -0.05) is 41.5 Å². The van der Waals surface area contributed by atoms with E-state index >= 15 is 0 Å². The van der Waals surface area contributed by atoms with E-state index < -0.39 is 0 Å². The monoisotopic (exact) mass is 240 g/mol. The maximum Gasteiger partial charge on any atom is 0.0247 e. The van der Waals surface area contributed by atoms with E-state index in [0.717, 1.165) is 24.3 Å². The Balaban J connectivity index is 2.76. The number of nitrogens with one attached hydrogen (secondary N) is 1. The molecule has 3 atom stereocenters. The van der Waals surface area contributed by atoms with Crippen LogP contribution in [0.2, 0.25) is 0 Å². The molecule has 1 heterocycles. The lowest BCUT2D eigenvalue weighted by atomic mass is 9.90. The highest BCUT2D eigenvalue weighted by molar-refractivity contribution is 4.91. The molecular weight excluding hydrogens is 208 g/mol. The van der Waals surface area contributed by atoms with E-state index in [0.29, 0.717) is 18.1 Å². The lowest BCUT2D eigenvalue weighted by Crippen LogP contribution is -2.62. The van der Waals surface area contributed by atoms with E-state index in [2.05, 4.69) is 58.7 Å². The first-order valence-corrected chi connectivity index (χ1v) is 7.33. The zero-order chi connectivity index (χ0) is 13.2. The fourth-order valence-corrected chi connectivity index (χ4v) is 2.73. The van der Waals surface area contributed by atoms with Crippen molar-refractivity contribution in [2.24, 2.45) is 17.8 Å². The highest BCUT2D eigenvalue weighted by Crippen LogP contribution is 2.23. The molecule has 1 saturated heterocycles. The number of rotatable bonds is 4. The summed E-state index contributed by atoms with van der Waals surface area (Å²) in [5.41, 5.74) is 0. The van der Waals surface area contributed by atoms with Gasteiger partial charge in [-0.2, -0.15) is 0 Å². The van der Waals surface area contributed by atoms with Gasteiger partial charge in [0.25, 0.3) is 0 Å². The molecule has 1 N–H and O–H groups in total. The molecule has 1 rings (SSSR count). The minimum Gasteiger partial charge on any atom is -0.311 e. The Kier molecular flexibility index (Phi) is 5.46. The standard InChI is InChI=1S/C15H32N2/c1-10(2)13(7)17-9-14(11(3)4)16-8-15(17)12(5)6/h10-16H,8-9H2,1-7H3. The second-order valence-electron chi connectivity index (χ2n) is 6.75. The molecule has 0 aromatic carbocycles. The van der Waals surface area contributed by atoms with Gasteiger partial charge in [-0.05, 0) is 24.7 Å². The van der Waals surface area contributed by atoms with E-state index in [1.165, 1.54) is 6.54 Å². The number of piperazine rings is 1. The van der Waals surface area contributed by atoms with Gasteiger partial charge in [-0.25, -0.2) is 0 Å². The topological polar surface area (TPSA) is 15.3 Å². The molecule has 0 bridgehead atoms. The summed E-state index contributed by atoms with van der Waals surface area (Å²) in [5.74, 6) is 2.20. The Morgan fingerprint density at radius 3 is 1.94 bits per heavy atom. The normalized spacial score (nSPS) is 29.3. The molecule has 2 nitrogen and oxygen atoms in total. The van der Waals surface area contributed by atoms with Gasteiger partial charge in [0, 0.05) is 31.2 Å². The van der Waals surface area contributed by atoms with Crippen LogP contribution in [0.4, 0.5) is 0 Å². The summed E-state index contributed by atoms with van der Waals surface area (Å²) in [6, 6.07) is 2.04. The Hall–Kier alpha value is -0.0800. The van der Waals surface area contributed by atoms with Crippen molar-refractivity contribution in [3.05, 3.63) is 0 Å². The Morgan fingerprint density at radius 1 is 0.941 bits per heavy atom. The van der Waals surface area contributed by atoms with Crippen LogP contribution in [0.1, 0.15) is 48.5 Å². The molecule has 102 valence electrons. The van der Waals surface area contributed by atoms with Crippen LogP contribution in [-0.2, 0) is 0 Å². The first-order chi connectivity index (χ1) is 7.84. The lowest BCUT2D eigenvalue weighted by molar-refractivity contribution is 0.0348. The summed E-state index contributed by atoms with van der Waals surface area (Å²) in [4.78, 5) is 2.75. The quantitative estimate of drug-likeness (QED) is 0.813. The summed E-state index contributed by atoms with van der Waals surface area (Å²) in [6.45, 7) is 18.8. The fraction of sp³-hybridized carbons (Fsp3) is 1.00. The lowest BCUT2D eigenvalue weighted by Gasteiger charge is -2.47. The first kappa shape index (κ1) is 15.0. The Morgan fingerprint density at radius 2 is 1.53 bits per heavy atom. The highest BCUT2D eigenvalue weighted by atomic mass is 15.3. The number of hydrogen-bond donors (Lipinski definition) is 1. The van der Waals surface area contributed by atoms with E-state index in [1.54, 1.807) is 0 Å². The van der Waals surface area contributed by atoms with Crippen LogP contribution in [0.15, 0.2) is 0 Å². The zero-order valence-corrected chi connectivity index (χ0v) is 12.8. The smallest absolute Gasteiger partial charge is 0.0247 e. The fourth-order valence-electron chi connectivity index (χ4n) is 2.73. The molecule has 0 spiro atoms. The van der Waals surface area contributed by atoms with Crippen molar-refractivity contribution in [1.29, 1.82) is 0 Å². The summed E-state index contributed by atoms with van der Waals surface area (Å²) in [5, 5.41) is 3.73. The minimum atomic E-state index is 0.659. The number of nitrogens with zero attached hydrogens (tertiary/aromatic N) is 1. The van der Waals surface area contributed by atoms with E-state index in [1.807, 2.05) is 0 Å². The van der Waals surface area contributed by atoms with Crippen molar-refractivity contribution in [2.45, 2.75) is 66.6 Å². The van der Waals surface area contributed by atoms with Crippen LogP contribution >= 0.6 is 0 Å². The van der Waals surface area contributed by atoms with Crippen LogP contribution in [-0.4, -0.2) is 36.1 Å². The third-order valence-corrected chi connectivity index (χ3v) is 4.48. The van der Waals surface area contributed by atoms with Gasteiger partial charge < -0.3 is 5.32 Å². The van der Waals surface area contributed by atoms with Gasteiger partial charge in [0.05, 0.1) is 0 Å². The van der Waals surface area contributed by atoms with Crippen LogP contribution < -0.4 is 5.32 Å². The molecule has 1 fully saturated rings. The summed E-state index contributed by atoms with van der Waals surface area (Å²) < 4.78 is 0. The summed E-state index contributed by atoms with van der Waals surface area (Å²) in [6.07, 6.45) is 0. The second kappa shape index (κ2) is 6.19. The molecule has 1 aliphatic heterocycles. The SMILES string of the molecule is CC(C)C1CN(C(C)C(C)C)C(C(C)C)CN1. The summed E-state index contributed by atoms with van der Waals surface area (Å²) in [7, 11) is 0. The highest BCUT2D eigenvalue weighted by Gasteiger charge is 2.34. The van der Waals surface area contributed by atoms with E-state index in [4.69, 9.17) is 0 Å². The largest absolute Gasteiger partial charge is 0.311 e. The van der Waals surface area contributed by atoms with E-state index in [-0.39, 0.29) is 0 Å². The van der Waals surface area contributed by atoms with Crippen LogP contribution in [0.5, 0.6) is 0 Å². The molecule has 17 heavy (non-hydrogen) atoms. The van der Waals surface area contributed by atoms with Gasteiger partial charge in [0.1, 0.15) is 0 Å². The zero-order valence-electron chi connectivity index (χ0n) is 12.8.